The highest BCUT2D eigenvalue weighted by molar-refractivity contribution is 5.85. The summed E-state index contributed by atoms with van der Waals surface area (Å²) in [6, 6.07) is 40.0. The number of hydrogen-bond donors (Lipinski definition) is 1. The smallest absolute Gasteiger partial charge is 0.225 e. The molecule has 6 heteroatoms. The molecular formula is C33H31ClN2O3. The van der Waals surface area contributed by atoms with Gasteiger partial charge in [-0.05, 0) is 40.5 Å². The van der Waals surface area contributed by atoms with E-state index in [1.54, 1.807) is 0 Å². The number of pyridine rings is 1. The van der Waals surface area contributed by atoms with Gasteiger partial charge in [0.05, 0.1) is 0 Å². The first-order valence-corrected chi connectivity index (χ1v) is 12.6. The monoisotopic (exact) mass is 538 g/mol. The molecule has 0 aliphatic heterocycles. The summed E-state index contributed by atoms with van der Waals surface area (Å²) in [5.41, 5.74) is 12.1. The Morgan fingerprint density at radius 3 is 1.67 bits per heavy atom. The third-order valence-corrected chi connectivity index (χ3v) is 6.11. The van der Waals surface area contributed by atoms with E-state index in [1.807, 2.05) is 121 Å². The fraction of sp³-hybridized carbons (Fsp3) is 0.121. The molecule has 0 radical (unpaired) electrons. The number of nitrogens with two attached hydrogens (primary N) is 1. The fourth-order valence-corrected chi connectivity index (χ4v) is 4.07. The number of ether oxygens (including phenoxy) is 3. The maximum Gasteiger partial charge on any atom is 0.225 e. The third kappa shape index (κ3) is 7.60. The maximum atomic E-state index is 6.23. The standard InChI is InChI=1S/C33H30N2O3.ClH/c34-21-29-20-28(16-18-31(29)36-22-25-10-4-1-5-11-25)30-17-19-32(37-23-26-12-6-2-7-13-26)35-33(30)38-24-27-14-8-3-9-15-27;/h1-20H,21-24,34H2;1H. The molecule has 5 rings (SSSR count). The van der Waals surface area contributed by atoms with Crippen LogP contribution in [0.3, 0.4) is 0 Å². The highest BCUT2D eigenvalue weighted by Crippen LogP contribution is 2.34. The lowest BCUT2D eigenvalue weighted by molar-refractivity contribution is 0.268. The van der Waals surface area contributed by atoms with Crippen molar-refractivity contribution in [1.29, 1.82) is 0 Å². The molecule has 198 valence electrons. The van der Waals surface area contributed by atoms with Crippen LogP contribution in [0.5, 0.6) is 17.5 Å². The van der Waals surface area contributed by atoms with Gasteiger partial charge < -0.3 is 19.9 Å². The van der Waals surface area contributed by atoms with E-state index >= 15 is 0 Å². The van der Waals surface area contributed by atoms with Crippen LogP contribution in [0.2, 0.25) is 0 Å². The molecule has 0 fully saturated rings. The number of aromatic nitrogens is 1. The van der Waals surface area contributed by atoms with Crippen LogP contribution in [0.15, 0.2) is 121 Å². The van der Waals surface area contributed by atoms with Crippen LogP contribution in [-0.4, -0.2) is 4.98 Å². The number of halogens is 1. The molecule has 5 aromatic rings. The quantitative estimate of drug-likeness (QED) is 0.190. The largest absolute Gasteiger partial charge is 0.489 e. The molecule has 0 unspecified atom stereocenters. The predicted molar refractivity (Wildman–Crippen MR) is 157 cm³/mol. The van der Waals surface area contributed by atoms with Crippen LogP contribution < -0.4 is 19.9 Å². The Kier molecular flexibility index (Phi) is 9.95. The second-order valence-corrected chi connectivity index (χ2v) is 8.85. The van der Waals surface area contributed by atoms with Gasteiger partial charge in [-0.3, -0.25) is 0 Å². The predicted octanol–water partition coefficient (Wildman–Crippen LogP) is 7.37. The van der Waals surface area contributed by atoms with Crippen LogP contribution in [0.25, 0.3) is 11.1 Å². The third-order valence-electron chi connectivity index (χ3n) is 6.11. The number of rotatable bonds is 11. The van der Waals surface area contributed by atoms with Crippen molar-refractivity contribution in [2.24, 2.45) is 5.73 Å². The first-order chi connectivity index (χ1) is 18.8. The van der Waals surface area contributed by atoms with Crippen LogP contribution in [0.1, 0.15) is 22.3 Å². The van der Waals surface area contributed by atoms with Crippen LogP contribution in [0.4, 0.5) is 0 Å². The zero-order valence-corrected chi connectivity index (χ0v) is 22.3. The Hall–Kier alpha value is -4.32. The number of benzene rings is 4. The van der Waals surface area contributed by atoms with Gasteiger partial charge in [0.15, 0.2) is 0 Å². The topological polar surface area (TPSA) is 66.6 Å². The number of nitrogens with zero attached hydrogens (tertiary/aromatic N) is 1. The molecule has 1 aromatic heterocycles. The molecule has 0 saturated heterocycles. The maximum absolute atomic E-state index is 6.23. The summed E-state index contributed by atoms with van der Waals surface area (Å²) in [4.78, 5) is 4.73. The summed E-state index contributed by atoms with van der Waals surface area (Å²) in [7, 11) is 0. The zero-order valence-electron chi connectivity index (χ0n) is 21.5. The first-order valence-electron chi connectivity index (χ1n) is 12.6. The van der Waals surface area contributed by atoms with Crippen molar-refractivity contribution < 1.29 is 14.2 Å². The van der Waals surface area contributed by atoms with E-state index in [4.69, 9.17) is 24.9 Å². The summed E-state index contributed by atoms with van der Waals surface area (Å²) >= 11 is 0. The van der Waals surface area contributed by atoms with Crippen molar-refractivity contribution in [2.75, 3.05) is 0 Å². The van der Waals surface area contributed by atoms with Gasteiger partial charge >= 0.3 is 0 Å². The molecule has 0 saturated carbocycles. The van der Waals surface area contributed by atoms with Gasteiger partial charge in [-0.2, -0.15) is 4.98 Å². The van der Waals surface area contributed by atoms with Crippen molar-refractivity contribution in [3.8, 4) is 28.6 Å². The molecule has 4 aromatic carbocycles. The second kappa shape index (κ2) is 14.0. The van der Waals surface area contributed by atoms with Gasteiger partial charge in [-0.15, -0.1) is 12.4 Å². The molecule has 0 bridgehead atoms. The van der Waals surface area contributed by atoms with Crippen molar-refractivity contribution in [3.05, 3.63) is 144 Å². The molecule has 0 aliphatic rings. The first kappa shape index (κ1) is 27.7. The highest BCUT2D eigenvalue weighted by Gasteiger charge is 2.14. The molecule has 0 atom stereocenters. The summed E-state index contributed by atoms with van der Waals surface area (Å²) in [6.07, 6.45) is 0. The van der Waals surface area contributed by atoms with Gasteiger partial charge in [0.25, 0.3) is 0 Å². The van der Waals surface area contributed by atoms with E-state index in [1.165, 1.54) is 0 Å². The molecule has 39 heavy (non-hydrogen) atoms. The van der Waals surface area contributed by atoms with Crippen LogP contribution in [-0.2, 0) is 26.4 Å². The molecule has 0 spiro atoms. The van der Waals surface area contributed by atoms with E-state index in [0.717, 1.165) is 39.1 Å². The van der Waals surface area contributed by atoms with Crippen molar-refractivity contribution >= 4 is 12.4 Å². The highest BCUT2D eigenvalue weighted by atomic mass is 35.5. The fourth-order valence-electron chi connectivity index (χ4n) is 4.07. The van der Waals surface area contributed by atoms with Crippen LogP contribution in [0, 0.1) is 0 Å². The zero-order chi connectivity index (χ0) is 26.0. The molecular weight excluding hydrogens is 508 g/mol. The summed E-state index contributed by atoms with van der Waals surface area (Å²) < 4.78 is 18.3. The lowest BCUT2D eigenvalue weighted by atomic mass is 10.0. The average molecular weight is 539 g/mol. The van der Waals surface area contributed by atoms with Crippen molar-refractivity contribution in [1.82, 2.24) is 4.98 Å². The van der Waals surface area contributed by atoms with Gasteiger partial charge in [0.1, 0.15) is 25.6 Å². The van der Waals surface area contributed by atoms with Gasteiger partial charge in [-0.1, -0.05) is 97.1 Å². The Labute approximate surface area is 235 Å². The summed E-state index contributed by atoms with van der Waals surface area (Å²) in [5, 5.41) is 0. The van der Waals surface area contributed by atoms with Gasteiger partial charge in [-0.25, -0.2) is 0 Å². The molecule has 0 amide bonds. The Bertz CT molecular complexity index is 1450. The Morgan fingerprint density at radius 2 is 1.10 bits per heavy atom. The van der Waals surface area contributed by atoms with Gasteiger partial charge in [0, 0.05) is 23.7 Å². The minimum Gasteiger partial charge on any atom is -0.489 e. The van der Waals surface area contributed by atoms with E-state index < -0.39 is 0 Å². The Balaban J connectivity index is 0.00000353. The average Bonchev–Trinajstić information content (AvgIpc) is 2.99. The second-order valence-electron chi connectivity index (χ2n) is 8.85. The molecule has 1 heterocycles. The number of hydrogen-bond acceptors (Lipinski definition) is 5. The van der Waals surface area contributed by atoms with Crippen molar-refractivity contribution in [3.63, 3.8) is 0 Å². The summed E-state index contributed by atoms with van der Waals surface area (Å²) in [5.74, 6) is 1.77. The molecule has 2 N–H and O–H groups in total. The van der Waals surface area contributed by atoms with E-state index in [9.17, 15) is 0 Å². The minimum atomic E-state index is 0. The van der Waals surface area contributed by atoms with E-state index in [0.29, 0.717) is 38.1 Å². The SMILES string of the molecule is Cl.NCc1cc(-c2ccc(OCc3ccccc3)nc2OCc2ccccc2)ccc1OCc1ccccc1. The van der Waals surface area contributed by atoms with Gasteiger partial charge in [0.2, 0.25) is 11.8 Å². The Morgan fingerprint density at radius 1 is 0.564 bits per heavy atom. The summed E-state index contributed by atoms with van der Waals surface area (Å²) in [6.45, 7) is 1.65. The van der Waals surface area contributed by atoms with E-state index in [2.05, 4.69) is 0 Å². The van der Waals surface area contributed by atoms with Crippen LogP contribution >= 0.6 is 12.4 Å². The van der Waals surface area contributed by atoms with E-state index in [-0.39, 0.29) is 12.4 Å². The molecule has 0 aliphatic carbocycles. The lowest BCUT2D eigenvalue weighted by Crippen LogP contribution is -2.04. The minimum absolute atomic E-state index is 0. The normalized spacial score (nSPS) is 10.4. The molecule has 5 nitrogen and oxygen atoms in total. The lowest BCUT2D eigenvalue weighted by Gasteiger charge is -2.16. The van der Waals surface area contributed by atoms with Crippen molar-refractivity contribution in [2.45, 2.75) is 26.4 Å².